The summed E-state index contributed by atoms with van der Waals surface area (Å²) >= 11 is 1.41. The van der Waals surface area contributed by atoms with E-state index in [-0.39, 0.29) is 6.04 Å². The number of nitrogens with one attached hydrogen (secondary N) is 2. The van der Waals surface area contributed by atoms with Crippen molar-refractivity contribution in [2.45, 2.75) is 83.2 Å². The van der Waals surface area contributed by atoms with Gasteiger partial charge in [-0.1, -0.05) is 38.5 Å². The summed E-state index contributed by atoms with van der Waals surface area (Å²) in [5.74, 6) is -0.394. The van der Waals surface area contributed by atoms with Gasteiger partial charge in [0.25, 0.3) is 5.91 Å². The summed E-state index contributed by atoms with van der Waals surface area (Å²) in [4.78, 5) is 30.9. The zero-order chi connectivity index (χ0) is 19.5. The van der Waals surface area contributed by atoms with Crippen LogP contribution in [-0.2, 0) is 4.84 Å². The molecule has 0 radical (unpaired) electrons. The number of thiophene rings is 1. The molecule has 7 nitrogen and oxygen atoms in total. The van der Waals surface area contributed by atoms with Gasteiger partial charge in [-0.05, 0) is 38.7 Å². The Bertz CT molecular complexity index is 847. The molecule has 0 saturated heterocycles. The second-order valence-corrected chi connectivity index (χ2v) is 8.98. The number of carbonyl (C=O) groups excluding carboxylic acids is 2. The fourth-order valence-electron chi connectivity index (χ4n) is 4.34. The highest BCUT2D eigenvalue weighted by atomic mass is 32.1. The van der Waals surface area contributed by atoms with Gasteiger partial charge in [0.15, 0.2) is 0 Å². The predicted molar refractivity (Wildman–Crippen MR) is 108 cm³/mol. The minimum Gasteiger partial charge on any atom is -0.321 e. The summed E-state index contributed by atoms with van der Waals surface area (Å²) < 4.78 is 2.10. The van der Waals surface area contributed by atoms with Crippen LogP contribution in [0.15, 0.2) is 6.07 Å². The Morgan fingerprint density at radius 3 is 2.50 bits per heavy atom. The molecular formula is C20H28N4O3S. The molecule has 2 aliphatic carbocycles. The van der Waals surface area contributed by atoms with Crippen LogP contribution in [-0.4, -0.2) is 27.8 Å². The van der Waals surface area contributed by atoms with Crippen molar-refractivity contribution in [3.63, 3.8) is 0 Å². The molecule has 2 amide bonds. The normalized spacial score (nSPS) is 18.9. The molecule has 0 atom stereocenters. The SMILES string of the molecule is Cc1nn(C2CCCCC2)c2sc(C(=O)NOC(=O)NC3CCCCC3)cc12. The van der Waals surface area contributed by atoms with Crippen LogP contribution in [0.4, 0.5) is 4.79 Å². The quantitative estimate of drug-likeness (QED) is 0.731. The topological polar surface area (TPSA) is 85.2 Å². The van der Waals surface area contributed by atoms with Crippen molar-refractivity contribution < 1.29 is 14.4 Å². The highest BCUT2D eigenvalue weighted by Crippen LogP contribution is 2.35. The molecule has 2 aromatic heterocycles. The number of hydrogen-bond donors (Lipinski definition) is 2. The van der Waals surface area contributed by atoms with E-state index < -0.39 is 12.0 Å². The second kappa shape index (κ2) is 8.51. The molecule has 28 heavy (non-hydrogen) atoms. The number of rotatable bonds is 3. The van der Waals surface area contributed by atoms with Crippen molar-refractivity contribution >= 4 is 33.6 Å². The Morgan fingerprint density at radius 1 is 1.11 bits per heavy atom. The van der Waals surface area contributed by atoms with E-state index in [1.165, 1.54) is 37.0 Å². The molecule has 0 aromatic carbocycles. The van der Waals surface area contributed by atoms with Gasteiger partial charge in [-0.15, -0.1) is 11.3 Å². The first kappa shape index (κ1) is 19.2. The van der Waals surface area contributed by atoms with Crippen LogP contribution >= 0.6 is 11.3 Å². The van der Waals surface area contributed by atoms with E-state index in [4.69, 9.17) is 9.94 Å². The van der Waals surface area contributed by atoms with Gasteiger partial charge >= 0.3 is 6.09 Å². The maximum atomic E-state index is 12.5. The highest BCUT2D eigenvalue weighted by Gasteiger charge is 2.23. The summed E-state index contributed by atoms with van der Waals surface area (Å²) in [6.07, 6.45) is 10.8. The van der Waals surface area contributed by atoms with Gasteiger partial charge in [-0.2, -0.15) is 10.6 Å². The Morgan fingerprint density at radius 2 is 1.79 bits per heavy atom. The molecular weight excluding hydrogens is 376 g/mol. The van der Waals surface area contributed by atoms with E-state index >= 15 is 0 Å². The maximum Gasteiger partial charge on any atom is 0.431 e. The predicted octanol–water partition coefficient (Wildman–Crippen LogP) is 4.62. The number of hydroxylamine groups is 1. The van der Waals surface area contributed by atoms with Crippen molar-refractivity contribution in [3.8, 4) is 0 Å². The third kappa shape index (κ3) is 4.16. The first-order valence-corrected chi connectivity index (χ1v) is 11.2. The zero-order valence-electron chi connectivity index (χ0n) is 16.3. The smallest absolute Gasteiger partial charge is 0.321 e. The second-order valence-electron chi connectivity index (χ2n) is 7.95. The minimum atomic E-state index is -0.592. The van der Waals surface area contributed by atoms with Gasteiger partial charge in [0, 0.05) is 11.4 Å². The van der Waals surface area contributed by atoms with E-state index in [1.807, 2.05) is 13.0 Å². The highest BCUT2D eigenvalue weighted by molar-refractivity contribution is 7.20. The number of aromatic nitrogens is 2. The van der Waals surface area contributed by atoms with E-state index in [0.29, 0.717) is 10.9 Å². The summed E-state index contributed by atoms with van der Waals surface area (Å²) in [6.45, 7) is 1.98. The average molecular weight is 405 g/mol. The van der Waals surface area contributed by atoms with Crippen LogP contribution in [0.25, 0.3) is 10.2 Å². The first-order valence-electron chi connectivity index (χ1n) is 10.4. The van der Waals surface area contributed by atoms with Gasteiger partial charge in [-0.25, -0.2) is 4.79 Å². The van der Waals surface area contributed by atoms with Gasteiger partial charge in [0.1, 0.15) is 4.83 Å². The molecule has 2 saturated carbocycles. The van der Waals surface area contributed by atoms with Crippen LogP contribution in [0, 0.1) is 6.92 Å². The van der Waals surface area contributed by atoms with Crippen LogP contribution in [0.1, 0.15) is 85.6 Å². The number of nitrogens with zero attached hydrogens (tertiary/aromatic N) is 2. The number of carbonyl (C=O) groups is 2. The van der Waals surface area contributed by atoms with Crippen molar-refractivity contribution in [2.24, 2.45) is 0 Å². The van der Waals surface area contributed by atoms with Crippen molar-refractivity contribution in [3.05, 3.63) is 16.6 Å². The van der Waals surface area contributed by atoms with Crippen molar-refractivity contribution in [1.29, 1.82) is 0 Å². The van der Waals surface area contributed by atoms with Crippen molar-refractivity contribution in [2.75, 3.05) is 0 Å². The third-order valence-electron chi connectivity index (χ3n) is 5.88. The molecule has 0 aliphatic heterocycles. The van der Waals surface area contributed by atoms with E-state index in [0.717, 1.165) is 54.4 Å². The maximum absolute atomic E-state index is 12.5. The lowest BCUT2D eigenvalue weighted by Crippen LogP contribution is -2.40. The number of aryl methyl sites for hydroxylation is 1. The van der Waals surface area contributed by atoms with Gasteiger partial charge in [0.05, 0.1) is 16.6 Å². The molecule has 2 fully saturated rings. The minimum absolute atomic E-state index is 0.145. The monoisotopic (exact) mass is 404 g/mol. The standard InChI is InChI=1S/C20H28N4O3S/c1-13-16-12-17(28-19(16)24(22-13)15-10-6-3-7-11-15)18(25)23-27-20(26)21-14-8-4-2-5-9-14/h12,14-15H,2-11H2,1H3,(H,21,26)(H,23,25). The van der Waals surface area contributed by atoms with Crippen LogP contribution in [0.3, 0.4) is 0 Å². The molecule has 2 heterocycles. The molecule has 2 aliphatic rings. The summed E-state index contributed by atoms with van der Waals surface area (Å²) in [6, 6.07) is 2.41. The lowest BCUT2D eigenvalue weighted by atomic mass is 9.96. The molecule has 8 heteroatoms. The Kier molecular flexibility index (Phi) is 5.85. The number of hydrogen-bond acceptors (Lipinski definition) is 5. The Balaban J connectivity index is 1.39. The number of fused-ring (bicyclic) bond motifs is 1. The van der Waals surface area contributed by atoms with Gasteiger partial charge < -0.3 is 10.2 Å². The van der Waals surface area contributed by atoms with Crippen LogP contribution in [0.5, 0.6) is 0 Å². The lowest BCUT2D eigenvalue weighted by molar-refractivity contribution is 0.0560. The molecule has 0 spiro atoms. The molecule has 2 N–H and O–H groups in total. The van der Waals surface area contributed by atoms with Gasteiger partial charge in [0.2, 0.25) is 0 Å². The number of amides is 2. The third-order valence-corrected chi connectivity index (χ3v) is 7.00. The fourth-order valence-corrected chi connectivity index (χ4v) is 5.46. The van der Waals surface area contributed by atoms with Crippen LogP contribution in [0.2, 0.25) is 0 Å². The molecule has 2 aromatic rings. The molecule has 0 unspecified atom stereocenters. The Hall–Kier alpha value is -2.09. The van der Waals surface area contributed by atoms with E-state index in [1.54, 1.807) is 0 Å². The van der Waals surface area contributed by atoms with E-state index in [2.05, 4.69) is 15.5 Å². The average Bonchev–Trinajstić information content (AvgIpc) is 3.28. The van der Waals surface area contributed by atoms with E-state index in [9.17, 15) is 9.59 Å². The molecule has 152 valence electrons. The lowest BCUT2D eigenvalue weighted by Gasteiger charge is -2.22. The summed E-state index contributed by atoms with van der Waals surface area (Å²) in [5, 5.41) is 8.54. The van der Waals surface area contributed by atoms with Gasteiger partial charge in [-0.3, -0.25) is 9.48 Å². The molecule has 4 rings (SSSR count). The largest absolute Gasteiger partial charge is 0.431 e. The zero-order valence-corrected chi connectivity index (χ0v) is 17.1. The Labute approximate surface area is 168 Å². The fraction of sp³-hybridized carbons (Fsp3) is 0.650. The van der Waals surface area contributed by atoms with Crippen molar-refractivity contribution in [1.82, 2.24) is 20.6 Å². The molecule has 0 bridgehead atoms. The summed E-state index contributed by atoms with van der Waals surface area (Å²) in [5.41, 5.74) is 3.22. The first-order chi connectivity index (χ1) is 13.6. The summed E-state index contributed by atoms with van der Waals surface area (Å²) in [7, 11) is 0. The van der Waals surface area contributed by atoms with Crippen LogP contribution < -0.4 is 10.8 Å².